The Bertz CT molecular complexity index is 751. The summed E-state index contributed by atoms with van der Waals surface area (Å²) in [6.45, 7) is 0.524. The fraction of sp³-hybridized carbons (Fsp3) is 0.200. The molecule has 0 spiro atoms. The van der Waals surface area contributed by atoms with E-state index in [1.54, 1.807) is 0 Å². The largest absolute Gasteiger partial charge is 0.493 e. The van der Waals surface area contributed by atoms with E-state index in [0.717, 1.165) is 5.69 Å². The van der Waals surface area contributed by atoms with Crippen LogP contribution in [-0.2, 0) is 25.6 Å². The highest BCUT2D eigenvalue weighted by Gasteiger charge is 2.17. The highest BCUT2D eigenvalue weighted by molar-refractivity contribution is 5.86. The predicted octanol–water partition coefficient (Wildman–Crippen LogP) is 1.13. The third kappa shape index (κ3) is 4.09. The van der Waals surface area contributed by atoms with Crippen molar-refractivity contribution < 1.29 is 19.0 Å². The van der Waals surface area contributed by atoms with Crippen LogP contribution in [0.3, 0.4) is 0 Å². The number of carbonyl (C=O) groups excluding carboxylic acids is 1. The summed E-state index contributed by atoms with van der Waals surface area (Å²) < 4.78 is 15.2. The molecule has 1 aliphatic heterocycles. The van der Waals surface area contributed by atoms with E-state index in [0.29, 0.717) is 13.2 Å². The van der Waals surface area contributed by atoms with E-state index < -0.39 is 5.97 Å². The van der Waals surface area contributed by atoms with Gasteiger partial charge in [0.1, 0.15) is 19.5 Å². The molecule has 124 valence electrons. The van der Waals surface area contributed by atoms with Gasteiger partial charge in [-0.2, -0.15) is 15.0 Å². The average Bonchev–Trinajstić information content (AvgIpc) is 2.61. The van der Waals surface area contributed by atoms with Crippen LogP contribution in [0.1, 0.15) is 5.82 Å². The van der Waals surface area contributed by atoms with E-state index in [1.807, 2.05) is 30.3 Å². The Labute approximate surface area is 137 Å². The van der Waals surface area contributed by atoms with Crippen LogP contribution in [0, 0.1) is 0 Å². The second-order valence-electron chi connectivity index (χ2n) is 4.70. The zero-order chi connectivity index (χ0) is 16.8. The highest BCUT2D eigenvalue weighted by atomic mass is 16.6. The van der Waals surface area contributed by atoms with Gasteiger partial charge < -0.3 is 25.3 Å². The zero-order valence-corrected chi connectivity index (χ0v) is 12.6. The van der Waals surface area contributed by atoms with Crippen molar-refractivity contribution in [1.82, 2.24) is 15.0 Å². The molecule has 0 saturated heterocycles. The monoisotopic (exact) mass is 329 g/mol. The molecule has 0 atom stereocenters. The molecule has 3 rings (SSSR count). The summed E-state index contributed by atoms with van der Waals surface area (Å²) in [4.78, 5) is 23.9. The molecule has 0 amide bonds. The van der Waals surface area contributed by atoms with Crippen LogP contribution in [0.25, 0.3) is 0 Å². The van der Waals surface area contributed by atoms with Crippen LogP contribution < -0.4 is 11.1 Å². The van der Waals surface area contributed by atoms with Crippen molar-refractivity contribution >= 4 is 23.6 Å². The molecule has 1 aromatic carbocycles. The van der Waals surface area contributed by atoms with E-state index in [9.17, 15) is 4.79 Å². The van der Waals surface area contributed by atoms with Crippen molar-refractivity contribution in [2.24, 2.45) is 0 Å². The Morgan fingerprint density at radius 1 is 1.21 bits per heavy atom. The average molecular weight is 329 g/mol. The smallest absolute Gasteiger partial charge is 0.377 e. The van der Waals surface area contributed by atoms with Crippen molar-refractivity contribution in [3.05, 3.63) is 48.2 Å². The van der Waals surface area contributed by atoms with E-state index in [1.165, 1.54) is 6.26 Å². The minimum atomic E-state index is -0.661. The molecule has 3 N–H and O–H groups in total. The lowest BCUT2D eigenvalue weighted by Crippen LogP contribution is -2.18. The Morgan fingerprint density at radius 3 is 2.79 bits per heavy atom. The number of esters is 1. The van der Waals surface area contributed by atoms with Gasteiger partial charge in [-0.15, -0.1) is 0 Å². The summed E-state index contributed by atoms with van der Waals surface area (Å²) in [6, 6.07) is 9.34. The van der Waals surface area contributed by atoms with Crippen LogP contribution in [0.4, 0.5) is 17.6 Å². The summed E-state index contributed by atoms with van der Waals surface area (Å²) in [6.07, 6.45) is 1.22. The predicted molar refractivity (Wildman–Crippen MR) is 83.7 cm³/mol. The van der Waals surface area contributed by atoms with Gasteiger partial charge >= 0.3 is 5.97 Å². The van der Waals surface area contributed by atoms with E-state index in [-0.39, 0.29) is 30.1 Å². The summed E-state index contributed by atoms with van der Waals surface area (Å²) in [7, 11) is 0. The van der Waals surface area contributed by atoms with Crippen LogP contribution >= 0.6 is 0 Å². The number of ether oxygens (including phenoxy) is 3. The Kier molecular flexibility index (Phi) is 4.70. The number of para-hydroxylation sites is 1. The lowest BCUT2D eigenvalue weighted by Gasteiger charge is -2.14. The third-order valence-corrected chi connectivity index (χ3v) is 2.91. The quantitative estimate of drug-likeness (QED) is 0.777. The summed E-state index contributed by atoms with van der Waals surface area (Å²) in [5, 5.41) is 3.00. The van der Waals surface area contributed by atoms with Crippen molar-refractivity contribution in [2.45, 2.75) is 6.61 Å². The Morgan fingerprint density at radius 2 is 2.04 bits per heavy atom. The van der Waals surface area contributed by atoms with Gasteiger partial charge in [0.15, 0.2) is 12.4 Å². The fourth-order valence-electron chi connectivity index (χ4n) is 1.89. The van der Waals surface area contributed by atoms with Gasteiger partial charge in [-0.25, -0.2) is 4.79 Å². The summed E-state index contributed by atoms with van der Waals surface area (Å²) in [5.41, 5.74) is 6.46. The number of benzene rings is 1. The number of nitrogens with two attached hydrogens (primary N) is 1. The van der Waals surface area contributed by atoms with E-state index in [4.69, 9.17) is 19.9 Å². The SMILES string of the molecule is Nc1nc(COC(=O)C2=COCCO2)nc(Nc2ccccc2)n1. The third-order valence-electron chi connectivity index (χ3n) is 2.91. The number of hydrogen-bond donors (Lipinski definition) is 2. The minimum Gasteiger partial charge on any atom is -0.493 e. The second-order valence-corrected chi connectivity index (χ2v) is 4.70. The van der Waals surface area contributed by atoms with Gasteiger partial charge in [0.05, 0.1) is 0 Å². The molecule has 1 aliphatic rings. The second kappa shape index (κ2) is 7.27. The molecule has 0 radical (unpaired) electrons. The normalized spacial score (nSPS) is 13.2. The summed E-state index contributed by atoms with van der Waals surface area (Å²) >= 11 is 0. The maximum atomic E-state index is 11.8. The first-order valence-corrected chi connectivity index (χ1v) is 7.15. The molecular weight excluding hydrogens is 314 g/mol. The fourth-order valence-corrected chi connectivity index (χ4v) is 1.89. The van der Waals surface area contributed by atoms with Gasteiger partial charge in [0.2, 0.25) is 17.7 Å². The maximum absolute atomic E-state index is 11.8. The molecule has 2 heterocycles. The van der Waals surface area contributed by atoms with E-state index >= 15 is 0 Å². The molecular formula is C15H15N5O4. The van der Waals surface area contributed by atoms with Crippen molar-refractivity contribution in [1.29, 1.82) is 0 Å². The van der Waals surface area contributed by atoms with Gasteiger partial charge in [-0.05, 0) is 12.1 Å². The number of rotatable bonds is 5. The molecule has 0 saturated carbocycles. The molecule has 0 fully saturated rings. The maximum Gasteiger partial charge on any atom is 0.377 e. The van der Waals surface area contributed by atoms with Gasteiger partial charge in [0, 0.05) is 5.69 Å². The van der Waals surface area contributed by atoms with Crippen LogP contribution in [0.15, 0.2) is 42.4 Å². The first-order valence-electron chi connectivity index (χ1n) is 7.15. The highest BCUT2D eigenvalue weighted by Crippen LogP contribution is 2.13. The lowest BCUT2D eigenvalue weighted by atomic mass is 10.3. The van der Waals surface area contributed by atoms with Crippen LogP contribution in [0.2, 0.25) is 0 Å². The van der Waals surface area contributed by atoms with Gasteiger partial charge in [0.25, 0.3) is 0 Å². The minimum absolute atomic E-state index is 0.00547. The molecule has 9 heteroatoms. The van der Waals surface area contributed by atoms with Crippen molar-refractivity contribution in [3.8, 4) is 0 Å². The number of aromatic nitrogens is 3. The number of hydrogen-bond acceptors (Lipinski definition) is 9. The first kappa shape index (κ1) is 15.5. The van der Waals surface area contributed by atoms with Crippen LogP contribution in [0.5, 0.6) is 0 Å². The first-order chi connectivity index (χ1) is 11.7. The Balaban J connectivity index is 1.65. The Hall–Kier alpha value is -3.36. The van der Waals surface area contributed by atoms with Gasteiger partial charge in [-0.1, -0.05) is 18.2 Å². The molecule has 0 bridgehead atoms. The summed E-state index contributed by atoms with van der Waals surface area (Å²) in [5.74, 6) is -0.161. The van der Waals surface area contributed by atoms with E-state index in [2.05, 4.69) is 20.3 Å². The zero-order valence-electron chi connectivity index (χ0n) is 12.6. The molecule has 24 heavy (non-hydrogen) atoms. The topological polar surface area (TPSA) is 121 Å². The van der Waals surface area contributed by atoms with Gasteiger partial charge in [-0.3, -0.25) is 0 Å². The molecule has 9 nitrogen and oxygen atoms in total. The molecule has 0 aliphatic carbocycles. The number of nitrogens with zero attached hydrogens (tertiary/aromatic N) is 3. The molecule has 2 aromatic rings. The number of carbonyl (C=O) groups is 1. The van der Waals surface area contributed by atoms with Crippen molar-refractivity contribution in [3.63, 3.8) is 0 Å². The lowest BCUT2D eigenvalue weighted by molar-refractivity contribution is -0.146. The number of nitrogen functional groups attached to an aromatic ring is 1. The standard InChI is InChI=1S/C15H15N5O4/c16-14-18-12(9-24-13(21)11-8-22-6-7-23-11)19-15(20-14)17-10-4-2-1-3-5-10/h1-5,8H,6-7,9H2,(H3,16,17,18,19,20). The molecule has 0 unspecified atom stereocenters. The number of nitrogens with one attached hydrogen (secondary N) is 1. The van der Waals surface area contributed by atoms with Crippen LogP contribution in [-0.4, -0.2) is 34.1 Å². The van der Waals surface area contributed by atoms with Crippen molar-refractivity contribution in [2.75, 3.05) is 24.3 Å². The molecule has 1 aromatic heterocycles. The number of anilines is 3.